The molecule has 3 aliphatic rings. The number of Topliss-reactive ketones (excluding diaryl/α,β-unsaturated/α-hetero) is 1. The summed E-state index contributed by atoms with van der Waals surface area (Å²) in [6, 6.07) is 7.44. The van der Waals surface area contributed by atoms with E-state index < -0.39 is 0 Å². The van der Waals surface area contributed by atoms with Crippen LogP contribution in [0.5, 0.6) is 5.75 Å². The monoisotopic (exact) mass is 413 g/mol. The van der Waals surface area contributed by atoms with E-state index in [9.17, 15) is 14.7 Å². The molecule has 0 bridgehead atoms. The zero-order valence-corrected chi connectivity index (χ0v) is 17.9. The molecule has 1 unspecified atom stereocenters. The Morgan fingerprint density at radius 1 is 0.867 bits per heavy atom. The molecule has 30 heavy (non-hydrogen) atoms. The molecule has 6 heteroatoms. The molecule has 164 valence electrons. The molecule has 2 N–H and O–H groups in total. The second kappa shape index (κ2) is 9.82. The number of carbonyl (C=O) groups excluding carboxylic acids is 2. The first kappa shape index (κ1) is 21.2. The van der Waals surface area contributed by atoms with Crippen molar-refractivity contribution in [3.8, 4) is 5.75 Å². The van der Waals surface area contributed by atoms with Gasteiger partial charge in [0.05, 0.1) is 0 Å². The molecule has 3 fully saturated rings. The maximum absolute atomic E-state index is 12.8. The standard InChI is InChI=1S/C24H35N3O3/c28-22-10-8-18(9-11-22)23(29)19-12-15-26(16-13-19)24(30)25-20-5-4-14-27(17-20)21-6-2-1-3-7-21/h8-11,19-21,28H,1-7,12-17H2,(H,25,30). The molecular formula is C24H35N3O3. The van der Waals surface area contributed by atoms with Crippen molar-refractivity contribution in [2.45, 2.75) is 69.9 Å². The van der Waals surface area contributed by atoms with Crippen LogP contribution >= 0.6 is 0 Å². The summed E-state index contributed by atoms with van der Waals surface area (Å²) < 4.78 is 0. The number of nitrogens with one attached hydrogen (secondary N) is 1. The van der Waals surface area contributed by atoms with Gasteiger partial charge in [-0.05, 0) is 69.3 Å². The van der Waals surface area contributed by atoms with E-state index in [2.05, 4.69) is 10.2 Å². The summed E-state index contributed by atoms with van der Waals surface area (Å²) in [5.41, 5.74) is 0.640. The number of aromatic hydroxyl groups is 1. The molecule has 1 aromatic rings. The molecule has 0 radical (unpaired) electrons. The van der Waals surface area contributed by atoms with Crippen LogP contribution in [0.15, 0.2) is 24.3 Å². The van der Waals surface area contributed by atoms with Gasteiger partial charge in [0.1, 0.15) is 5.75 Å². The van der Waals surface area contributed by atoms with Crippen molar-refractivity contribution in [3.63, 3.8) is 0 Å². The second-order valence-corrected chi connectivity index (χ2v) is 9.25. The molecule has 2 heterocycles. The summed E-state index contributed by atoms with van der Waals surface area (Å²) in [6.45, 7) is 3.40. The van der Waals surface area contributed by atoms with E-state index in [-0.39, 0.29) is 29.5 Å². The first-order valence-electron chi connectivity index (χ1n) is 11.7. The van der Waals surface area contributed by atoms with Gasteiger partial charge in [-0.25, -0.2) is 4.79 Å². The summed E-state index contributed by atoms with van der Waals surface area (Å²) >= 11 is 0. The number of phenols is 1. The molecule has 1 saturated carbocycles. The lowest BCUT2D eigenvalue weighted by Gasteiger charge is -2.41. The van der Waals surface area contributed by atoms with Gasteiger partial charge in [0.25, 0.3) is 0 Å². The third kappa shape index (κ3) is 5.15. The number of rotatable bonds is 4. The molecule has 6 nitrogen and oxygen atoms in total. The average Bonchev–Trinajstić information content (AvgIpc) is 2.80. The fourth-order valence-corrected chi connectivity index (χ4v) is 5.37. The predicted octanol–water partition coefficient (Wildman–Crippen LogP) is 3.79. The van der Waals surface area contributed by atoms with Crippen LogP contribution < -0.4 is 5.32 Å². The molecule has 2 saturated heterocycles. The zero-order valence-electron chi connectivity index (χ0n) is 17.9. The smallest absolute Gasteiger partial charge is 0.317 e. The Labute approximate surface area is 179 Å². The fourth-order valence-electron chi connectivity index (χ4n) is 5.37. The van der Waals surface area contributed by atoms with Crippen molar-refractivity contribution in [2.24, 2.45) is 5.92 Å². The molecule has 2 amide bonds. The van der Waals surface area contributed by atoms with Gasteiger partial charge >= 0.3 is 6.03 Å². The molecule has 1 atom stereocenters. The lowest BCUT2D eigenvalue weighted by Crippen LogP contribution is -2.54. The van der Waals surface area contributed by atoms with Crippen LogP contribution in [0.25, 0.3) is 0 Å². The maximum atomic E-state index is 12.8. The van der Waals surface area contributed by atoms with Gasteiger partial charge in [0, 0.05) is 43.2 Å². The third-order valence-electron chi connectivity index (χ3n) is 7.18. The van der Waals surface area contributed by atoms with Crippen molar-refractivity contribution in [3.05, 3.63) is 29.8 Å². The molecule has 2 aliphatic heterocycles. The minimum Gasteiger partial charge on any atom is -0.508 e. The summed E-state index contributed by atoms with van der Waals surface area (Å²) in [4.78, 5) is 30.0. The third-order valence-corrected chi connectivity index (χ3v) is 7.18. The van der Waals surface area contributed by atoms with Crippen molar-refractivity contribution < 1.29 is 14.7 Å². The molecule has 1 aliphatic carbocycles. The van der Waals surface area contributed by atoms with Gasteiger partial charge in [-0.15, -0.1) is 0 Å². The second-order valence-electron chi connectivity index (χ2n) is 9.25. The van der Waals surface area contributed by atoms with Crippen LogP contribution in [-0.2, 0) is 0 Å². The lowest BCUT2D eigenvalue weighted by atomic mass is 9.89. The van der Waals surface area contributed by atoms with E-state index in [1.54, 1.807) is 24.3 Å². The van der Waals surface area contributed by atoms with E-state index in [4.69, 9.17) is 0 Å². The Morgan fingerprint density at radius 3 is 2.27 bits per heavy atom. The number of piperidine rings is 2. The number of carbonyl (C=O) groups is 2. The van der Waals surface area contributed by atoms with Gasteiger partial charge < -0.3 is 15.3 Å². The molecule has 4 rings (SSSR count). The van der Waals surface area contributed by atoms with Crippen LogP contribution in [0.4, 0.5) is 4.79 Å². The molecular weight excluding hydrogens is 378 g/mol. The van der Waals surface area contributed by atoms with Crippen LogP contribution in [0.1, 0.15) is 68.1 Å². The average molecular weight is 414 g/mol. The van der Waals surface area contributed by atoms with E-state index in [0.717, 1.165) is 19.4 Å². The van der Waals surface area contributed by atoms with Gasteiger partial charge in [-0.3, -0.25) is 9.69 Å². The minimum absolute atomic E-state index is 0.0287. The Balaban J connectivity index is 1.24. The van der Waals surface area contributed by atoms with Gasteiger partial charge in [0.2, 0.25) is 0 Å². The van der Waals surface area contributed by atoms with Crippen LogP contribution in [-0.4, -0.2) is 65.0 Å². The summed E-state index contributed by atoms with van der Waals surface area (Å²) in [5.74, 6) is 0.239. The van der Waals surface area contributed by atoms with E-state index in [0.29, 0.717) is 37.5 Å². The lowest BCUT2D eigenvalue weighted by molar-refractivity contribution is 0.0843. The highest BCUT2D eigenvalue weighted by Gasteiger charge is 2.31. The summed E-state index contributed by atoms with van der Waals surface area (Å²) in [5, 5.41) is 12.7. The number of amides is 2. The molecule has 0 aromatic heterocycles. The van der Waals surface area contributed by atoms with Crippen LogP contribution in [0.2, 0.25) is 0 Å². The number of hydrogen-bond donors (Lipinski definition) is 2. The van der Waals surface area contributed by atoms with Crippen molar-refractivity contribution >= 4 is 11.8 Å². The molecule has 0 spiro atoms. The number of nitrogens with zero attached hydrogens (tertiary/aromatic N) is 2. The Bertz CT molecular complexity index is 722. The van der Waals surface area contributed by atoms with Crippen molar-refractivity contribution in [2.75, 3.05) is 26.2 Å². The van der Waals surface area contributed by atoms with Crippen LogP contribution in [0, 0.1) is 5.92 Å². The Hall–Kier alpha value is -2.08. The van der Waals surface area contributed by atoms with Gasteiger partial charge in [-0.1, -0.05) is 19.3 Å². The van der Waals surface area contributed by atoms with Crippen LogP contribution in [0.3, 0.4) is 0 Å². The highest BCUT2D eigenvalue weighted by Crippen LogP contribution is 2.26. The number of ketones is 1. The number of benzene rings is 1. The quantitative estimate of drug-likeness (QED) is 0.737. The number of urea groups is 1. The van der Waals surface area contributed by atoms with Crippen molar-refractivity contribution in [1.82, 2.24) is 15.1 Å². The summed E-state index contributed by atoms with van der Waals surface area (Å²) in [7, 11) is 0. The topological polar surface area (TPSA) is 72.9 Å². The normalized spacial score (nSPS) is 24.5. The number of phenolic OH excluding ortho intramolecular Hbond substituents is 1. The maximum Gasteiger partial charge on any atom is 0.317 e. The minimum atomic E-state index is -0.0462. The zero-order chi connectivity index (χ0) is 20.9. The Morgan fingerprint density at radius 2 is 1.57 bits per heavy atom. The highest BCUT2D eigenvalue weighted by atomic mass is 16.3. The van der Waals surface area contributed by atoms with Gasteiger partial charge in [-0.2, -0.15) is 0 Å². The largest absolute Gasteiger partial charge is 0.508 e. The highest BCUT2D eigenvalue weighted by molar-refractivity contribution is 5.98. The SMILES string of the molecule is O=C(c1ccc(O)cc1)C1CCN(C(=O)NC2CCCN(C3CCCCC3)C2)CC1. The number of likely N-dealkylation sites (tertiary alicyclic amines) is 2. The van der Waals surface area contributed by atoms with E-state index >= 15 is 0 Å². The van der Waals surface area contributed by atoms with Crippen molar-refractivity contribution in [1.29, 1.82) is 0 Å². The first-order valence-corrected chi connectivity index (χ1v) is 11.7. The number of hydrogen-bond acceptors (Lipinski definition) is 4. The van der Waals surface area contributed by atoms with E-state index in [1.165, 1.54) is 38.6 Å². The summed E-state index contributed by atoms with van der Waals surface area (Å²) in [6.07, 6.45) is 10.3. The fraction of sp³-hybridized carbons (Fsp3) is 0.667. The van der Waals surface area contributed by atoms with E-state index in [1.807, 2.05) is 4.90 Å². The molecule has 1 aromatic carbocycles. The van der Waals surface area contributed by atoms with Gasteiger partial charge in [0.15, 0.2) is 5.78 Å². The first-order chi connectivity index (χ1) is 14.6. The predicted molar refractivity (Wildman–Crippen MR) is 117 cm³/mol. The Kier molecular flexibility index (Phi) is 6.93.